The Morgan fingerprint density at radius 3 is 2.42 bits per heavy atom. The molecule has 0 saturated carbocycles. The Morgan fingerprint density at radius 1 is 1.17 bits per heavy atom. The zero-order valence-corrected chi connectivity index (χ0v) is 13.3. The minimum Gasteiger partial charge on any atom is -0.492 e. The van der Waals surface area contributed by atoms with Crippen molar-refractivity contribution in [2.75, 3.05) is 20.2 Å². The van der Waals surface area contributed by atoms with Gasteiger partial charge in [-0.3, -0.25) is 4.79 Å². The standard InChI is InChI=1S/C17H17F3N2O2/c1-12-14(8-9-15(21-12)17(18,19)20)16(23)22(2)10-11-24-13-6-4-3-5-7-13/h3-9H,10-11H2,1-2H3. The second-order valence-corrected chi connectivity index (χ2v) is 5.22. The molecule has 0 atom stereocenters. The van der Waals surface area contributed by atoms with Crippen LogP contribution in [0.25, 0.3) is 0 Å². The first-order valence-electron chi connectivity index (χ1n) is 7.27. The second kappa shape index (κ2) is 7.33. The van der Waals surface area contributed by atoms with Crippen LogP contribution in [0.1, 0.15) is 21.7 Å². The number of alkyl halides is 3. The quantitative estimate of drug-likeness (QED) is 0.837. The van der Waals surface area contributed by atoms with Gasteiger partial charge in [0.1, 0.15) is 18.1 Å². The molecule has 0 saturated heterocycles. The van der Waals surface area contributed by atoms with Crippen molar-refractivity contribution in [2.24, 2.45) is 0 Å². The number of hydrogen-bond acceptors (Lipinski definition) is 3. The average Bonchev–Trinajstić information content (AvgIpc) is 2.54. The Labute approximate surface area is 137 Å². The maximum atomic E-state index is 12.6. The molecule has 0 unspecified atom stereocenters. The summed E-state index contributed by atoms with van der Waals surface area (Å²) in [6.07, 6.45) is -4.53. The molecule has 0 radical (unpaired) electrons. The molecule has 1 aromatic carbocycles. The maximum Gasteiger partial charge on any atom is 0.433 e. The Morgan fingerprint density at radius 2 is 1.83 bits per heavy atom. The highest BCUT2D eigenvalue weighted by Crippen LogP contribution is 2.28. The van der Waals surface area contributed by atoms with E-state index in [9.17, 15) is 18.0 Å². The molecule has 1 heterocycles. The Kier molecular flexibility index (Phi) is 5.43. The van der Waals surface area contributed by atoms with Gasteiger partial charge in [0.05, 0.1) is 17.8 Å². The van der Waals surface area contributed by atoms with Gasteiger partial charge < -0.3 is 9.64 Å². The van der Waals surface area contributed by atoms with Crippen molar-refractivity contribution < 1.29 is 22.7 Å². The minimum atomic E-state index is -4.53. The molecule has 0 aliphatic carbocycles. The van der Waals surface area contributed by atoms with Crippen molar-refractivity contribution in [3.63, 3.8) is 0 Å². The van der Waals surface area contributed by atoms with E-state index >= 15 is 0 Å². The van der Waals surface area contributed by atoms with Crippen LogP contribution in [0, 0.1) is 6.92 Å². The number of likely N-dealkylation sites (N-methyl/N-ethyl adjacent to an activating group) is 1. The van der Waals surface area contributed by atoms with Gasteiger partial charge in [-0.2, -0.15) is 13.2 Å². The first-order valence-corrected chi connectivity index (χ1v) is 7.27. The van der Waals surface area contributed by atoms with E-state index in [4.69, 9.17) is 4.74 Å². The van der Waals surface area contributed by atoms with Crippen LogP contribution in [-0.2, 0) is 6.18 Å². The molecular formula is C17H17F3N2O2. The van der Waals surface area contributed by atoms with Gasteiger partial charge in [-0.1, -0.05) is 18.2 Å². The number of rotatable bonds is 5. The van der Waals surface area contributed by atoms with E-state index in [1.165, 1.54) is 11.8 Å². The molecule has 7 heteroatoms. The topological polar surface area (TPSA) is 42.4 Å². The fraction of sp³-hybridized carbons (Fsp3) is 0.294. The van der Waals surface area contributed by atoms with Crippen LogP contribution >= 0.6 is 0 Å². The highest BCUT2D eigenvalue weighted by molar-refractivity contribution is 5.95. The number of ether oxygens (including phenoxy) is 1. The van der Waals surface area contributed by atoms with Crippen molar-refractivity contribution in [3.05, 3.63) is 59.4 Å². The van der Waals surface area contributed by atoms with Gasteiger partial charge in [-0.25, -0.2) is 4.98 Å². The van der Waals surface area contributed by atoms with E-state index < -0.39 is 17.8 Å². The third kappa shape index (κ3) is 4.47. The number of aromatic nitrogens is 1. The average molecular weight is 338 g/mol. The Hall–Kier alpha value is -2.57. The SMILES string of the molecule is Cc1nc(C(F)(F)F)ccc1C(=O)N(C)CCOc1ccccc1. The molecule has 0 N–H and O–H groups in total. The first kappa shape index (κ1) is 17.8. The van der Waals surface area contributed by atoms with Gasteiger partial charge in [0.2, 0.25) is 0 Å². The third-order valence-electron chi connectivity index (χ3n) is 3.39. The zero-order chi connectivity index (χ0) is 17.7. The van der Waals surface area contributed by atoms with Gasteiger partial charge in [0.25, 0.3) is 5.91 Å². The molecule has 1 amide bonds. The summed E-state index contributed by atoms with van der Waals surface area (Å²) >= 11 is 0. The fourth-order valence-corrected chi connectivity index (χ4v) is 2.07. The molecule has 1 aromatic heterocycles. The number of amides is 1. The zero-order valence-electron chi connectivity index (χ0n) is 13.3. The number of pyridine rings is 1. The van der Waals surface area contributed by atoms with Crippen LogP contribution in [0.5, 0.6) is 5.75 Å². The molecule has 0 spiro atoms. The summed E-state index contributed by atoms with van der Waals surface area (Å²) in [6.45, 7) is 1.96. The van der Waals surface area contributed by atoms with E-state index in [1.54, 1.807) is 19.2 Å². The minimum absolute atomic E-state index is 0.0469. The first-order chi connectivity index (χ1) is 11.3. The summed E-state index contributed by atoms with van der Waals surface area (Å²) in [7, 11) is 1.56. The molecule has 0 fully saturated rings. The van der Waals surface area contributed by atoms with Gasteiger partial charge in [-0.15, -0.1) is 0 Å². The molecule has 2 aromatic rings. The smallest absolute Gasteiger partial charge is 0.433 e. The van der Waals surface area contributed by atoms with E-state index in [1.807, 2.05) is 18.2 Å². The molecular weight excluding hydrogens is 321 g/mol. The lowest BCUT2D eigenvalue weighted by molar-refractivity contribution is -0.141. The molecule has 24 heavy (non-hydrogen) atoms. The summed E-state index contributed by atoms with van der Waals surface area (Å²) in [5.41, 5.74) is -0.817. The van der Waals surface area contributed by atoms with E-state index in [0.29, 0.717) is 12.3 Å². The molecule has 4 nitrogen and oxygen atoms in total. The van der Waals surface area contributed by atoms with Crippen molar-refractivity contribution in [1.82, 2.24) is 9.88 Å². The van der Waals surface area contributed by atoms with E-state index in [2.05, 4.69) is 4.98 Å². The second-order valence-electron chi connectivity index (χ2n) is 5.22. The molecule has 0 aliphatic heterocycles. The normalized spacial score (nSPS) is 11.2. The number of benzene rings is 1. The van der Waals surface area contributed by atoms with Crippen molar-refractivity contribution >= 4 is 5.91 Å². The summed E-state index contributed by atoms with van der Waals surface area (Å²) in [5, 5.41) is 0. The van der Waals surface area contributed by atoms with Crippen molar-refractivity contribution in [2.45, 2.75) is 13.1 Å². The highest BCUT2D eigenvalue weighted by atomic mass is 19.4. The largest absolute Gasteiger partial charge is 0.492 e. The van der Waals surface area contributed by atoms with Crippen LogP contribution in [0.4, 0.5) is 13.2 Å². The maximum absolute atomic E-state index is 12.6. The number of aryl methyl sites for hydroxylation is 1. The summed E-state index contributed by atoms with van der Waals surface area (Å²) in [5.74, 6) is 0.288. The molecule has 0 aliphatic rings. The van der Waals surface area contributed by atoms with Gasteiger partial charge >= 0.3 is 6.18 Å². The molecule has 128 valence electrons. The predicted octanol–water partition coefficient (Wildman–Crippen LogP) is 3.56. The lowest BCUT2D eigenvalue weighted by Gasteiger charge is -2.19. The van der Waals surface area contributed by atoms with Crippen LogP contribution in [-0.4, -0.2) is 36.0 Å². The number of para-hydroxylation sites is 1. The number of hydrogen-bond donors (Lipinski definition) is 0. The third-order valence-corrected chi connectivity index (χ3v) is 3.39. The summed E-state index contributed by atoms with van der Waals surface area (Å²) < 4.78 is 43.3. The summed E-state index contributed by atoms with van der Waals surface area (Å²) in [6, 6.07) is 11.1. The fourth-order valence-electron chi connectivity index (χ4n) is 2.07. The van der Waals surface area contributed by atoms with Crippen LogP contribution in [0.15, 0.2) is 42.5 Å². The Bertz CT molecular complexity index is 703. The van der Waals surface area contributed by atoms with Gasteiger partial charge in [0, 0.05) is 7.05 Å². The Balaban J connectivity index is 1.97. The van der Waals surface area contributed by atoms with Crippen LogP contribution in [0.3, 0.4) is 0 Å². The lowest BCUT2D eigenvalue weighted by Crippen LogP contribution is -2.31. The van der Waals surface area contributed by atoms with Gasteiger partial charge in [-0.05, 0) is 31.2 Å². The predicted molar refractivity (Wildman–Crippen MR) is 82.9 cm³/mol. The van der Waals surface area contributed by atoms with E-state index in [0.717, 1.165) is 12.1 Å². The molecule has 2 rings (SSSR count). The van der Waals surface area contributed by atoms with E-state index in [-0.39, 0.29) is 17.9 Å². The number of halogens is 3. The summed E-state index contributed by atoms with van der Waals surface area (Å²) in [4.78, 5) is 17.2. The van der Waals surface area contributed by atoms with Crippen molar-refractivity contribution in [1.29, 1.82) is 0 Å². The monoisotopic (exact) mass is 338 g/mol. The number of nitrogens with zero attached hydrogens (tertiary/aromatic N) is 2. The number of carbonyl (C=O) groups is 1. The van der Waals surface area contributed by atoms with Crippen LogP contribution in [0.2, 0.25) is 0 Å². The van der Waals surface area contributed by atoms with Gasteiger partial charge in [0.15, 0.2) is 0 Å². The van der Waals surface area contributed by atoms with Crippen LogP contribution < -0.4 is 4.74 Å². The van der Waals surface area contributed by atoms with Crippen molar-refractivity contribution in [3.8, 4) is 5.75 Å². The highest BCUT2D eigenvalue weighted by Gasteiger charge is 2.33. The lowest BCUT2D eigenvalue weighted by atomic mass is 10.1. The molecule has 0 bridgehead atoms. The number of carbonyl (C=O) groups excluding carboxylic acids is 1.